The SMILES string of the molecule is Cc1cc(C(=O)C2CCCC2)ccc1Cl. The zero-order valence-corrected chi connectivity index (χ0v) is 9.68. The maximum absolute atomic E-state index is 12.1. The van der Waals surface area contributed by atoms with Crippen LogP contribution < -0.4 is 0 Å². The minimum Gasteiger partial charge on any atom is -0.294 e. The lowest BCUT2D eigenvalue weighted by Crippen LogP contribution is -2.10. The van der Waals surface area contributed by atoms with Gasteiger partial charge in [0.05, 0.1) is 0 Å². The highest BCUT2D eigenvalue weighted by Gasteiger charge is 2.23. The van der Waals surface area contributed by atoms with Crippen LogP contribution in [0.15, 0.2) is 18.2 Å². The van der Waals surface area contributed by atoms with Gasteiger partial charge in [0.15, 0.2) is 5.78 Å². The van der Waals surface area contributed by atoms with Crippen LogP contribution in [0.5, 0.6) is 0 Å². The van der Waals surface area contributed by atoms with Crippen LogP contribution in [0.1, 0.15) is 41.6 Å². The molecule has 2 heteroatoms. The molecule has 2 rings (SSSR count). The van der Waals surface area contributed by atoms with E-state index in [1.807, 2.05) is 25.1 Å². The molecule has 1 aromatic carbocycles. The summed E-state index contributed by atoms with van der Waals surface area (Å²) in [5, 5.41) is 0.734. The van der Waals surface area contributed by atoms with Crippen molar-refractivity contribution in [1.29, 1.82) is 0 Å². The standard InChI is InChI=1S/C13H15ClO/c1-9-8-11(6-7-12(9)14)13(15)10-4-2-3-5-10/h6-8,10H,2-5H2,1H3. The zero-order chi connectivity index (χ0) is 10.8. The molecule has 0 saturated heterocycles. The lowest BCUT2D eigenvalue weighted by atomic mass is 9.95. The Morgan fingerprint density at radius 3 is 2.60 bits per heavy atom. The van der Waals surface area contributed by atoms with Crippen LogP contribution in [0, 0.1) is 12.8 Å². The predicted molar refractivity (Wildman–Crippen MR) is 62.5 cm³/mol. The van der Waals surface area contributed by atoms with E-state index in [0.29, 0.717) is 5.78 Å². The average molecular weight is 223 g/mol. The van der Waals surface area contributed by atoms with E-state index in [4.69, 9.17) is 11.6 Å². The molecule has 0 amide bonds. The highest BCUT2D eigenvalue weighted by molar-refractivity contribution is 6.31. The molecule has 0 heterocycles. The van der Waals surface area contributed by atoms with E-state index in [-0.39, 0.29) is 5.92 Å². The van der Waals surface area contributed by atoms with Gasteiger partial charge in [-0.2, -0.15) is 0 Å². The normalized spacial score (nSPS) is 16.9. The number of hydrogen-bond acceptors (Lipinski definition) is 1. The van der Waals surface area contributed by atoms with Crippen LogP contribution in [0.3, 0.4) is 0 Å². The van der Waals surface area contributed by atoms with Gasteiger partial charge in [0.1, 0.15) is 0 Å². The zero-order valence-electron chi connectivity index (χ0n) is 8.92. The molecule has 0 spiro atoms. The van der Waals surface area contributed by atoms with Crippen molar-refractivity contribution in [3.05, 3.63) is 34.3 Å². The fraction of sp³-hybridized carbons (Fsp3) is 0.462. The Kier molecular flexibility index (Phi) is 3.11. The second-order valence-corrected chi connectivity index (χ2v) is 4.72. The number of rotatable bonds is 2. The minimum absolute atomic E-state index is 0.255. The lowest BCUT2D eigenvalue weighted by Gasteiger charge is -2.08. The minimum atomic E-state index is 0.255. The van der Waals surface area contributed by atoms with Gasteiger partial charge >= 0.3 is 0 Å². The predicted octanol–water partition coefficient (Wildman–Crippen LogP) is 4.02. The Balaban J connectivity index is 2.21. The van der Waals surface area contributed by atoms with Crippen LogP contribution in [0.4, 0.5) is 0 Å². The Morgan fingerprint density at radius 1 is 1.33 bits per heavy atom. The van der Waals surface area contributed by atoms with Crippen LogP contribution in [-0.2, 0) is 0 Å². The van der Waals surface area contributed by atoms with Crippen molar-refractivity contribution in [3.8, 4) is 0 Å². The molecular formula is C13H15ClO. The summed E-state index contributed by atoms with van der Waals surface area (Å²) in [6.45, 7) is 1.94. The van der Waals surface area contributed by atoms with Crippen molar-refractivity contribution in [2.75, 3.05) is 0 Å². The summed E-state index contributed by atoms with van der Waals surface area (Å²) in [6.07, 6.45) is 4.51. The molecule has 0 unspecified atom stereocenters. The third-order valence-corrected chi connectivity index (χ3v) is 3.59. The number of aryl methyl sites for hydroxylation is 1. The maximum Gasteiger partial charge on any atom is 0.165 e. The van der Waals surface area contributed by atoms with E-state index in [0.717, 1.165) is 29.0 Å². The summed E-state index contributed by atoms with van der Waals surface area (Å²) in [5.41, 5.74) is 1.81. The fourth-order valence-electron chi connectivity index (χ4n) is 2.22. The third-order valence-electron chi connectivity index (χ3n) is 3.17. The molecule has 1 aliphatic carbocycles. The molecule has 0 aromatic heterocycles. The quantitative estimate of drug-likeness (QED) is 0.691. The van der Waals surface area contributed by atoms with Gasteiger partial charge in [-0.25, -0.2) is 0 Å². The molecule has 80 valence electrons. The summed E-state index contributed by atoms with van der Waals surface area (Å²) < 4.78 is 0. The van der Waals surface area contributed by atoms with Crippen LogP contribution >= 0.6 is 11.6 Å². The molecule has 0 N–H and O–H groups in total. The fourth-order valence-corrected chi connectivity index (χ4v) is 2.34. The number of ketones is 1. The smallest absolute Gasteiger partial charge is 0.165 e. The Bertz CT molecular complexity index is 378. The van der Waals surface area contributed by atoms with Crippen LogP contribution in [-0.4, -0.2) is 5.78 Å². The first-order valence-corrected chi connectivity index (χ1v) is 5.86. The molecule has 15 heavy (non-hydrogen) atoms. The van der Waals surface area contributed by atoms with Crippen molar-refractivity contribution in [1.82, 2.24) is 0 Å². The molecule has 1 nitrogen and oxygen atoms in total. The highest BCUT2D eigenvalue weighted by Crippen LogP contribution is 2.29. The van der Waals surface area contributed by atoms with E-state index in [9.17, 15) is 4.79 Å². The number of halogens is 1. The first kappa shape index (κ1) is 10.7. The van der Waals surface area contributed by atoms with E-state index >= 15 is 0 Å². The summed E-state index contributed by atoms with van der Waals surface area (Å²) >= 11 is 5.93. The second-order valence-electron chi connectivity index (χ2n) is 4.31. The van der Waals surface area contributed by atoms with Crippen molar-refractivity contribution in [3.63, 3.8) is 0 Å². The summed E-state index contributed by atoms with van der Waals surface area (Å²) in [5.74, 6) is 0.554. The first-order chi connectivity index (χ1) is 7.18. The first-order valence-electron chi connectivity index (χ1n) is 5.49. The van der Waals surface area contributed by atoms with Gasteiger partial charge < -0.3 is 0 Å². The Hall–Kier alpha value is -0.820. The summed E-state index contributed by atoms with van der Waals surface area (Å²) in [7, 11) is 0. The molecular weight excluding hydrogens is 208 g/mol. The lowest BCUT2D eigenvalue weighted by molar-refractivity contribution is 0.0923. The molecule has 0 atom stereocenters. The Morgan fingerprint density at radius 2 is 2.00 bits per heavy atom. The molecule has 1 aromatic rings. The summed E-state index contributed by atoms with van der Waals surface area (Å²) in [4.78, 5) is 12.1. The van der Waals surface area contributed by atoms with Crippen molar-refractivity contribution in [2.24, 2.45) is 5.92 Å². The largest absolute Gasteiger partial charge is 0.294 e. The van der Waals surface area contributed by atoms with E-state index in [1.54, 1.807) is 0 Å². The van der Waals surface area contributed by atoms with Gasteiger partial charge in [-0.05, 0) is 43.5 Å². The summed E-state index contributed by atoms with van der Waals surface area (Å²) in [6, 6.07) is 5.57. The highest BCUT2D eigenvalue weighted by atomic mass is 35.5. The number of hydrogen-bond donors (Lipinski definition) is 0. The van der Waals surface area contributed by atoms with E-state index in [2.05, 4.69) is 0 Å². The molecule has 1 aliphatic rings. The average Bonchev–Trinajstić information content (AvgIpc) is 2.74. The molecule has 1 fully saturated rings. The van der Waals surface area contributed by atoms with Crippen molar-refractivity contribution in [2.45, 2.75) is 32.6 Å². The third kappa shape index (κ3) is 2.23. The molecule has 0 bridgehead atoms. The van der Waals surface area contributed by atoms with Gasteiger partial charge in [-0.1, -0.05) is 24.4 Å². The topological polar surface area (TPSA) is 17.1 Å². The van der Waals surface area contributed by atoms with Gasteiger partial charge in [0, 0.05) is 16.5 Å². The van der Waals surface area contributed by atoms with Gasteiger partial charge in [-0.15, -0.1) is 0 Å². The monoisotopic (exact) mass is 222 g/mol. The number of carbonyl (C=O) groups is 1. The number of Topliss-reactive ketones (excluding diaryl/α,β-unsaturated/α-hetero) is 1. The van der Waals surface area contributed by atoms with Gasteiger partial charge in [-0.3, -0.25) is 4.79 Å². The van der Waals surface area contributed by atoms with Gasteiger partial charge in [0.2, 0.25) is 0 Å². The van der Waals surface area contributed by atoms with E-state index in [1.165, 1.54) is 12.8 Å². The molecule has 0 aliphatic heterocycles. The van der Waals surface area contributed by atoms with Crippen LogP contribution in [0.25, 0.3) is 0 Å². The van der Waals surface area contributed by atoms with Gasteiger partial charge in [0.25, 0.3) is 0 Å². The second kappa shape index (κ2) is 4.36. The number of carbonyl (C=O) groups excluding carboxylic acids is 1. The van der Waals surface area contributed by atoms with Crippen LogP contribution in [0.2, 0.25) is 5.02 Å². The molecule has 0 radical (unpaired) electrons. The van der Waals surface area contributed by atoms with E-state index < -0.39 is 0 Å². The molecule has 1 saturated carbocycles. The maximum atomic E-state index is 12.1. The number of benzene rings is 1. The van der Waals surface area contributed by atoms with Crippen molar-refractivity contribution >= 4 is 17.4 Å². The van der Waals surface area contributed by atoms with Crippen molar-refractivity contribution < 1.29 is 4.79 Å². The Labute approximate surface area is 95.4 Å².